The van der Waals surface area contributed by atoms with Gasteiger partial charge in [0.1, 0.15) is 17.0 Å². The summed E-state index contributed by atoms with van der Waals surface area (Å²) in [5.74, 6) is 0.745. The average molecular weight is 515 g/mol. The number of nitriles is 1. The quantitative estimate of drug-likeness (QED) is 0.352. The van der Waals surface area contributed by atoms with E-state index in [0.717, 1.165) is 49.2 Å². The Balaban J connectivity index is 1.55. The summed E-state index contributed by atoms with van der Waals surface area (Å²) in [7, 11) is -3.92. The Morgan fingerprint density at radius 1 is 1.08 bits per heavy atom. The van der Waals surface area contributed by atoms with Gasteiger partial charge in [-0.05, 0) is 37.1 Å². The zero-order chi connectivity index (χ0) is 25.4. The van der Waals surface area contributed by atoms with Gasteiger partial charge >= 0.3 is 0 Å². The highest BCUT2D eigenvalue weighted by Gasteiger charge is 2.31. The predicted octanol–water partition coefficient (Wildman–Crippen LogP) is 3.54. The summed E-state index contributed by atoms with van der Waals surface area (Å²) in [6.07, 6.45) is 7.64. The van der Waals surface area contributed by atoms with E-state index in [1.165, 1.54) is 0 Å². The van der Waals surface area contributed by atoms with Crippen molar-refractivity contribution in [3.8, 4) is 6.07 Å². The van der Waals surface area contributed by atoms with Gasteiger partial charge in [0.25, 0.3) is 0 Å². The van der Waals surface area contributed by atoms with E-state index in [4.69, 9.17) is 10.2 Å². The number of benzene rings is 1. The molecule has 1 aliphatic rings. The van der Waals surface area contributed by atoms with Gasteiger partial charge in [0.15, 0.2) is 5.03 Å². The SMILES string of the molecule is N#CCCN1CCC(n2c(Cn3cccn3)nc3c(S(=O)(=O)c4ccccc4)nc4[nH]ccc4c32)CC1. The summed E-state index contributed by atoms with van der Waals surface area (Å²) in [5, 5.41) is 14.1. The molecular formula is C26H26N8O2S. The molecule has 0 unspecified atom stereocenters. The van der Waals surface area contributed by atoms with Crippen molar-refractivity contribution in [1.82, 2.24) is 34.2 Å². The van der Waals surface area contributed by atoms with E-state index in [1.807, 2.05) is 18.3 Å². The van der Waals surface area contributed by atoms with Crippen LogP contribution in [0, 0.1) is 11.3 Å². The lowest BCUT2D eigenvalue weighted by molar-refractivity contribution is 0.190. The van der Waals surface area contributed by atoms with Crippen molar-refractivity contribution in [3.05, 3.63) is 66.9 Å². The maximum atomic E-state index is 13.8. The molecule has 1 saturated heterocycles. The number of rotatable bonds is 7. The Hall–Kier alpha value is -4.01. The van der Waals surface area contributed by atoms with E-state index < -0.39 is 9.84 Å². The smallest absolute Gasteiger partial charge is 0.226 e. The van der Waals surface area contributed by atoms with E-state index in [-0.39, 0.29) is 16.0 Å². The molecule has 10 nitrogen and oxygen atoms in total. The number of aromatic amines is 1. The molecule has 1 fully saturated rings. The number of nitrogens with zero attached hydrogens (tertiary/aromatic N) is 7. The summed E-state index contributed by atoms with van der Waals surface area (Å²) in [6.45, 7) is 2.90. The fraction of sp³-hybridized carbons (Fsp3) is 0.308. The molecule has 1 N–H and O–H groups in total. The molecule has 5 aromatic rings. The number of likely N-dealkylation sites (tertiary alicyclic amines) is 1. The van der Waals surface area contributed by atoms with Crippen LogP contribution in [0.1, 0.15) is 31.1 Å². The zero-order valence-corrected chi connectivity index (χ0v) is 21.0. The van der Waals surface area contributed by atoms with Crippen LogP contribution in [0.15, 0.2) is 71.0 Å². The number of hydrogen-bond donors (Lipinski definition) is 1. The second kappa shape index (κ2) is 9.46. The largest absolute Gasteiger partial charge is 0.346 e. The molecule has 0 saturated carbocycles. The van der Waals surface area contributed by atoms with Gasteiger partial charge in [-0.2, -0.15) is 10.4 Å². The van der Waals surface area contributed by atoms with Crippen molar-refractivity contribution in [2.75, 3.05) is 19.6 Å². The van der Waals surface area contributed by atoms with Crippen LogP contribution in [0.4, 0.5) is 0 Å². The van der Waals surface area contributed by atoms with Crippen molar-refractivity contribution in [2.24, 2.45) is 0 Å². The molecular weight excluding hydrogens is 488 g/mol. The Morgan fingerprint density at radius 2 is 1.89 bits per heavy atom. The number of fused-ring (bicyclic) bond motifs is 3. The van der Waals surface area contributed by atoms with Crippen LogP contribution in [0.3, 0.4) is 0 Å². The Kier molecular flexibility index (Phi) is 5.98. The second-order valence-electron chi connectivity index (χ2n) is 9.25. The minimum atomic E-state index is -3.92. The summed E-state index contributed by atoms with van der Waals surface area (Å²) in [6, 6.07) is 14.5. The average Bonchev–Trinajstić information content (AvgIpc) is 3.68. The monoisotopic (exact) mass is 514 g/mol. The molecule has 188 valence electrons. The first-order valence-electron chi connectivity index (χ1n) is 12.3. The van der Waals surface area contributed by atoms with Crippen molar-refractivity contribution >= 4 is 31.9 Å². The number of aromatic nitrogens is 6. The van der Waals surface area contributed by atoms with Crippen LogP contribution in [0.5, 0.6) is 0 Å². The number of hydrogen-bond acceptors (Lipinski definition) is 7. The normalized spacial score (nSPS) is 15.4. The number of sulfone groups is 1. The van der Waals surface area contributed by atoms with Crippen LogP contribution in [0.2, 0.25) is 0 Å². The molecule has 1 aromatic carbocycles. The van der Waals surface area contributed by atoms with Crippen LogP contribution in [0.25, 0.3) is 22.1 Å². The Morgan fingerprint density at radius 3 is 2.62 bits per heavy atom. The minimum absolute atomic E-state index is 0.0458. The molecule has 0 aliphatic carbocycles. The van der Waals surface area contributed by atoms with E-state index in [2.05, 4.69) is 30.6 Å². The van der Waals surface area contributed by atoms with Crippen molar-refractivity contribution in [3.63, 3.8) is 0 Å². The topological polar surface area (TPSA) is 125 Å². The maximum absolute atomic E-state index is 13.8. The number of pyridine rings is 1. The molecule has 4 aromatic heterocycles. The first-order chi connectivity index (χ1) is 18.1. The maximum Gasteiger partial charge on any atom is 0.226 e. The fourth-order valence-corrected chi connectivity index (χ4v) is 6.58. The predicted molar refractivity (Wildman–Crippen MR) is 138 cm³/mol. The molecule has 0 spiro atoms. The van der Waals surface area contributed by atoms with Gasteiger partial charge < -0.3 is 14.5 Å². The van der Waals surface area contributed by atoms with Gasteiger partial charge in [-0.15, -0.1) is 0 Å². The van der Waals surface area contributed by atoms with Crippen molar-refractivity contribution in [1.29, 1.82) is 5.26 Å². The lowest BCUT2D eigenvalue weighted by Gasteiger charge is -2.33. The minimum Gasteiger partial charge on any atom is -0.346 e. The van der Waals surface area contributed by atoms with Crippen LogP contribution in [-0.4, -0.2) is 62.3 Å². The summed E-state index contributed by atoms with van der Waals surface area (Å²) in [4.78, 5) is 15.1. The van der Waals surface area contributed by atoms with Crippen LogP contribution in [-0.2, 0) is 16.4 Å². The third kappa shape index (κ3) is 4.18. The number of piperidine rings is 1. The van der Waals surface area contributed by atoms with Crippen molar-refractivity contribution in [2.45, 2.75) is 41.8 Å². The van der Waals surface area contributed by atoms with Gasteiger partial charge in [-0.1, -0.05) is 18.2 Å². The molecule has 0 bridgehead atoms. The molecule has 0 amide bonds. The van der Waals surface area contributed by atoms with Gasteiger partial charge in [-0.25, -0.2) is 18.4 Å². The third-order valence-corrected chi connectivity index (χ3v) is 8.70. The zero-order valence-electron chi connectivity index (χ0n) is 20.2. The number of nitrogens with one attached hydrogen (secondary N) is 1. The first-order valence-corrected chi connectivity index (χ1v) is 13.8. The van der Waals surface area contributed by atoms with Gasteiger partial charge in [0.2, 0.25) is 9.84 Å². The highest BCUT2D eigenvalue weighted by molar-refractivity contribution is 7.91. The second-order valence-corrected chi connectivity index (χ2v) is 11.1. The Labute approximate surface area is 214 Å². The lowest BCUT2D eigenvalue weighted by Crippen LogP contribution is -2.35. The lowest BCUT2D eigenvalue weighted by atomic mass is 10.0. The summed E-state index contributed by atoms with van der Waals surface area (Å²) >= 11 is 0. The van der Waals surface area contributed by atoms with E-state index >= 15 is 0 Å². The van der Waals surface area contributed by atoms with Gasteiger partial charge in [0, 0.05) is 56.1 Å². The molecule has 0 atom stereocenters. The number of H-pyrrole nitrogens is 1. The summed E-state index contributed by atoms with van der Waals surface area (Å²) in [5.41, 5.74) is 1.67. The molecule has 5 heterocycles. The number of imidazole rings is 1. The molecule has 6 rings (SSSR count). The Bertz CT molecular complexity index is 1690. The van der Waals surface area contributed by atoms with Gasteiger partial charge in [0.05, 0.1) is 23.0 Å². The van der Waals surface area contributed by atoms with Gasteiger partial charge in [-0.3, -0.25) is 4.68 Å². The van der Waals surface area contributed by atoms with Crippen LogP contribution >= 0.6 is 0 Å². The highest BCUT2D eigenvalue weighted by Crippen LogP contribution is 2.36. The highest BCUT2D eigenvalue weighted by atomic mass is 32.2. The standard InChI is InChI=1S/C26H26N8O2S/c27-11-4-14-32-16-9-19(10-17-32)34-22(18-33-15-5-12-29-33)30-23-24(34)21-8-13-28-25(21)31-26(23)37(35,36)20-6-2-1-3-7-20/h1-3,5-8,12-13,15,19H,4,9-10,14,16-18H2,(H,28,31). The molecule has 1 aliphatic heterocycles. The van der Waals surface area contributed by atoms with Crippen molar-refractivity contribution < 1.29 is 8.42 Å². The van der Waals surface area contributed by atoms with E-state index in [9.17, 15) is 8.42 Å². The summed E-state index contributed by atoms with van der Waals surface area (Å²) < 4.78 is 31.6. The van der Waals surface area contributed by atoms with E-state index in [1.54, 1.807) is 47.4 Å². The fourth-order valence-electron chi connectivity index (χ4n) is 5.24. The molecule has 37 heavy (non-hydrogen) atoms. The van der Waals surface area contributed by atoms with Crippen LogP contribution < -0.4 is 0 Å². The third-order valence-electron chi connectivity index (χ3n) is 7.01. The van der Waals surface area contributed by atoms with E-state index in [0.29, 0.717) is 24.1 Å². The molecule has 11 heteroatoms. The molecule has 0 radical (unpaired) electrons. The first kappa shape index (κ1) is 23.4.